The lowest BCUT2D eigenvalue weighted by Crippen LogP contribution is -2.44. The molecule has 5 nitrogen and oxygen atoms in total. The van der Waals surface area contributed by atoms with E-state index in [9.17, 15) is 9.59 Å². The Balaban J connectivity index is 2.72. The number of carbonyl (C=O) groups is 2. The first-order chi connectivity index (χ1) is 10.2. The van der Waals surface area contributed by atoms with E-state index in [1.54, 1.807) is 20.8 Å². The van der Waals surface area contributed by atoms with E-state index in [4.69, 9.17) is 9.16 Å². The second-order valence-corrected chi connectivity index (χ2v) is 13.6. The molecule has 0 aromatic rings. The highest BCUT2D eigenvalue weighted by atomic mass is 28.4. The summed E-state index contributed by atoms with van der Waals surface area (Å²) in [7, 11) is -1.87. The fourth-order valence-electron chi connectivity index (χ4n) is 2.18. The Kier molecular flexibility index (Phi) is 6.07. The summed E-state index contributed by atoms with van der Waals surface area (Å²) in [5, 5.41) is 0.133. The SMILES string of the molecule is CC(C)(C)OC(=O)N1CCC(O[Si](C)(C)C(C)(C)C)CCC1=O. The van der Waals surface area contributed by atoms with Crippen LogP contribution in [0.5, 0.6) is 0 Å². The highest BCUT2D eigenvalue weighted by Gasteiger charge is 2.40. The van der Waals surface area contributed by atoms with E-state index in [0.717, 1.165) is 0 Å². The first-order valence-electron chi connectivity index (χ1n) is 8.44. The normalized spacial score (nSPS) is 21.1. The van der Waals surface area contributed by atoms with Crippen LogP contribution in [0, 0.1) is 0 Å². The third-order valence-corrected chi connectivity index (χ3v) is 9.07. The Bertz CT molecular complexity index is 448. The largest absolute Gasteiger partial charge is 0.443 e. The Morgan fingerprint density at radius 1 is 1.13 bits per heavy atom. The van der Waals surface area contributed by atoms with Gasteiger partial charge in [0.05, 0.1) is 0 Å². The zero-order valence-corrected chi connectivity index (χ0v) is 17.0. The smallest absolute Gasteiger partial charge is 0.417 e. The van der Waals surface area contributed by atoms with Gasteiger partial charge < -0.3 is 9.16 Å². The van der Waals surface area contributed by atoms with E-state index in [2.05, 4.69) is 33.9 Å². The zero-order valence-electron chi connectivity index (χ0n) is 16.0. The molecule has 0 saturated carbocycles. The molecule has 1 fully saturated rings. The molecule has 1 aliphatic rings. The number of amides is 2. The molecule has 2 amide bonds. The molecular formula is C17H33NO4Si. The van der Waals surface area contributed by atoms with Gasteiger partial charge in [-0.3, -0.25) is 4.79 Å². The molecule has 1 atom stereocenters. The maximum atomic E-state index is 12.2. The average Bonchev–Trinajstić information content (AvgIpc) is 2.48. The summed E-state index contributed by atoms with van der Waals surface area (Å²) >= 11 is 0. The van der Waals surface area contributed by atoms with Crippen molar-refractivity contribution >= 4 is 20.3 Å². The molecule has 0 N–H and O–H groups in total. The number of hydrogen-bond donors (Lipinski definition) is 0. The molecule has 23 heavy (non-hydrogen) atoms. The van der Waals surface area contributed by atoms with Gasteiger partial charge in [0, 0.05) is 19.1 Å². The Labute approximate surface area is 141 Å². The van der Waals surface area contributed by atoms with Crippen LogP contribution in [0.15, 0.2) is 0 Å². The maximum Gasteiger partial charge on any atom is 0.417 e. The first-order valence-corrected chi connectivity index (χ1v) is 11.3. The minimum Gasteiger partial charge on any atom is -0.443 e. The molecule has 0 aromatic heterocycles. The topological polar surface area (TPSA) is 55.8 Å². The molecule has 0 aliphatic carbocycles. The van der Waals surface area contributed by atoms with E-state index in [-0.39, 0.29) is 17.0 Å². The van der Waals surface area contributed by atoms with Crippen LogP contribution in [-0.2, 0) is 14.0 Å². The number of likely N-dealkylation sites (tertiary alicyclic amines) is 1. The average molecular weight is 344 g/mol. The minimum absolute atomic E-state index is 0.0345. The molecular weight excluding hydrogens is 310 g/mol. The van der Waals surface area contributed by atoms with Crippen LogP contribution in [0.2, 0.25) is 18.1 Å². The fraction of sp³-hybridized carbons (Fsp3) is 0.882. The van der Waals surface area contributed by atoms with Gasteiger partial charge in [0.15, 0.2) is 8.32 Å². The zero-order chi connectivity index (χ0) is 18.1. The summed E-state index contributed by atoms with van der Waals surface area (Å²) in [4.78, 5) is 25.6. The monoisotopic (exact) mass is 343 g/mol. The van der Waals surface area contributed by atoms with E-state index in [1.807, 2.05) is 0 Å². The second-order valence-electron chi connectivity index (χ2n) is 8.85. The van der Waals surface area contributed by atoms with Crippen LogP contribution in [-0.4, -0.2) is 43.5 Å². The van der Waals surface area contributed by atoms with Crippen molar-refractivity contribution in [2.45, 2.75) is 90.6 Å². The minimum atomic E-state index is -1.87. The van der Waals surface area contributed by atoms with Crippen LogP contribution < -0.4 is 0 Å². The molecule has 1 saturated heterocycles. The van der Waals surface area contributed by atoms with Crippen molar-refractivity contribution in [1.29, 1.82) is 0 Å². The first kappa shape index (κ1) is 20.2. The number of ether oxygens (including phenoxy) is 1. The van der Waals surface area contributed by atoms with Crippen molar-refractivity contribution in [2.24, 2.45) is 0 Å². The third-order valence-electron chi connectivity index (χ3n) is 4.54. The van der Waals surface area contributed by atoms with Crippen LogP contribution in [0.25, 0.3) is 0 Å². The van der Waals surface area contributed by atoms with Crippen LogP contribution >= 0.6 is 0 Å². The van der Waals surface area contributed by atoms with Crippen LogP contribution in [0.3, 0.4) is 0 Å². The third kappa shape index (κ3) is 5.92. The van der Waals surface area contributed by atoms with Gasteiger partial charge in [-0.05, 0) is 51.7 Å². The molecule has 1 rings (SSSR count). The predicted octanol–water partition coefficient (Wildman–Crippen LogP) is 4.32. The van der Waals surface area contributed by atoms with E-state index >= 15 is 0 Å². The maximum absolute atomic E-state index is 12.2. The van der Waals surface area contributed by atoms with E-state index < -0.39 is 20.0 Å². The van der Waals surface area contributed by atoms with E-state index in [0.29, 0.717) is 25.8 Å². The highest BCUT2D eigenvalue weighted by molar-refractivity contribution is 6.74. The summed E-state index contributed by atoms with van der Waals surface area (Å²) < 4.78 is 11.7. The summed E-state index contributed by atoms with van der Waals surface area (Å²) in [6.07, 6.45) is 1.17. The van der Waals surface area contributed by atoms with Crippen LogP contribution in [0.1, 0.15) is 60.8 Å². The Morgan fingerprint density at radius 3 is 2.17 bits per heavy atom. The molecule has 6 heteroatoms. The lowest BCUT2D eigenvalue weighted by Gasteiger charge is -2.39. The van der Waals surface area contributed by atoms with Crippen molar-refractivity contribution in [3.05, 3.63) is 0 Å². The van der Waals surface area contributed by atoms with Crippen molar-refractivity contribution in [1.82, 2.24) is 4.90 Å². The Hall–Kier alpha value is -0.883. The van der Waals surface area contributed by atoms with Crippen molar-refractivity contribution in [3.8, 4) is 0 Å². The quantitative estimate of drug-likeness (QED) is 0.701. The molecule has 0 bridgehead atoms. The number of imide groups is 1. The molecule has 0 spiro atoms. The lowest BCUT2D eigenvalue weighted by atomic mass is 10.2. The summed E-state index contributed by atoms with van der Waals surface area (Å²) in [6, 6.07) is 0. The number of hydrogen-bond acceptors (Lipinski definition) is 4. The van der Waals surface area contributed by atoms with Crippen LogP contribution in [0.4, 0.5) is 4.79 Å². The highest BCUT2D eigenvalue weighted by Crippen LogP contribution is 2.38. The van der Waals surface area contributed by atoms with Gasteiger partial charge in [-0.15, -0.1) is 0 Å². The predicted molar refractivity (Wildman–Crippen MR) is 93.9 cm³/mol. The van der Waals surface area contributed by atoms with Gasteiger partial charge in [0.1, 0.15) is 5.60 Å². The summed E-state index contributed by atoms with van der Waals surface area (Å²) in [5.74, 6) is -0.166. The van der Waals surface area contributed by atoms with Crippen molar-refractivity contribution < 1.29 is 18.8 Å². The van der Waals surface area contributed by atoms with Gasteiger partial charge >= 0.3 is 6.09 Å². The van der Waals surface area contributed by atoms with Crippen molar-refractivity contribution in [2.75, 3.05) is 6.54 Å². The van der Waals surface area contributed by atoms with Crippen molar-refractivity contribution in [3.63, 3.8) is 0 Å². The number of nitrogens with zero attached hydrogens (tertiary/aromatic N) is 1. The molecule has 134 valence electrons. The van der Waals surface area contributed by atoms with Gasteiger partial charge in [-0.2, -0.15) is 0 Å². The fourth-order valence-corrected chi connectivity index (χ4v) is 3.61. The molecule has 0 radical (unpaired) electrons. The second kappa shape index (κ2) is 6.93. The molecule has 1 heterocycles. The molecule has 0 aromatic carbocycles. The number of carbonyl (C=O) groups excluding carboxylic acids is 2. The van der Waals surface area contributed by atoms with E-state index in [1.165, 1.54) is 4.90 Å². The lowest BCUT2D eigenvalue weighted by molar-refractivity contribution is -0.129. The van der Waals surface area contributed by atoms with Gasteiger partial charge in [0.25, 0.3) is 0 Å². The van der Waals surface area contributed by atoms with Gasteiger partial charge in [0.2, 0.25) is 5.91 Å². The summed E-state index contributed by atoms with van der Waals surface area (Å²) in [6.45, 7) is 16.8. The molecule has 1 unspecified atom stereocenters. The molecule has 1 aliphatic heterocycles. The van der Waals surface area contributed by atoms with Gasteiger partial charge in [-0.25, -0.2) is 9.69 Å². The van der Waals surface area contributed by atoms with Gasteiger partial charge in [-0.1, -0.05) is 20.8 Å². The standard InChI is InChI=1S/C17H33NO4Si/c1-16(2,3)21-15(20)18-12-11-13(9-10-14(18)19)22-23(7,8)17(4,5)6/h13H,9-12H2,1-8H3. The summed E-state index contributed by atoms with van der Waals surface area (Å²) in [5.41, 5.74) is -0.597. The number of rotatable bonds is 2. The Morgan fingerprint density at radius 2 is 1.70 bits per heavy atom.